The summed E-state index contributed by atoms with van der Waals surface area (Å²) >= 11 is 0. The molecular formula is C19H30IN3O3S. The van der Waals surface area contributed by atoms with Crippen LogP contribution in [-0.4, -0.2) is 52.6 Å². The summed E-state index contributed by atoms with van der Waals surface area (Å²) < 4.78 is 28.7. The van der Waals surface area contributed by atoms with Crippen molar-refractivity contribution in [1.82, 2.24) is 10.6 Å². The van der Waals surface area contributed by atoms with Gasteiger partial charge in [-0.05, 0) is 43.4 Å². The summed E-state index contributed by atoms with van der Waals surface area (Å²) in [6, 6.07) is 6.39. The Morgan fingerprint density at radius 2 is 2.07 bits per heavy atom. The lowest BCUT2D eigenvalue weighted by Crippen LogP contribution is -2.39. The number of halogens is 1. The van der Waals surface area contributed by atoms with Crippen molar-refractivity contribution in [2.24, 2.45) is 10.4 Å². The number of sulfone groups is 1. The van der Waals surface area contributed by atoms with Crippen molar-refractivity contribution in [3.05, 3.63) is 29.3 Å². The van der Waals surface area contributed by atoms with Gasteiger partial charge in [-0.25, -0.2) is 8.42 Å². The first-order chi connectivity index (χ1) is 12.4. The predicted molar refractivity (Wildman–Crippen MR) is 120 cm³/mol. The topological polar surface area (TPSA) is 79.8 Å². The standard InChI is InChI=1S/C19H29N3O3S.HI/c1-3-20-18(22-13-19(8-9-19)14-26(2,23)24)21-10-6-15-4-5-17-16(12-15)7-11-25-17;/h4-5,12H,3,6-11,13-14H2,1-2H3,(H2,20,21,22);1H. The molecule has 0 unspecified atom stereocenters. The zero-order valence-electron chi connectivity index (χ0n) is 16.1. The molecule has 2 N–H and O–H groups in total. The van der Waals surface area contributed by atoms with Crippen LogP contribution in [0, 0.1) is 5.41 Å². The van der Waals surface area contributed by atoms with Crippen molar-refractivity contribution >= 4 is 39.8 Å². The molecule has 1 heterocycles. The summed E-state index contributed by atoms with van der Waals surface area (Å²) in [5.74, 6) is 2.01. The molecule has 1 aliphatic heterocycles. The number of benzene rings is 1. The van der Waals surface area contributed by atoms with Crippen LogP contribution in [0.1, 0.15) is 30.9 Å². The van der Waals surface area contributed by atoms with E-state index in [9.17, 15) is 8.42 Å². The Bertz CT molecular complexity index is 776. The molecule has 8 heteroatoms. The molecule has 0 aromatic heterocycles. The van der Waals surface area contributed by atoms with Gasteiger partial charge in [-0.1, -0.05) is 12.1 Å². The van der Waals surface area contributed by atoms with Gasteiger partial charge < -0.3 is 15.4 Å². The third-order valence-corrected chi connectivity index (χ3v) is 6.04. The summed E-state index contributed by atoms with van der Waals surface area (Å²) in [4.78, 5) is 4.63. The van der Waals surface area contributed by atoms with Crippen molar-refractivity contribution in [3.8, 4) is 5.75 Å². The molecule has 0 bridgehead atoms. The third-order valence-electron chi connectivity index (χ3n) is 4.90. The van der Waals surface area contributed by atoms with Gasteiger partial charge in [0.25, 0.3) is 0 Å². The fraction of sp³-hybridized carbons (Fsp3) is 0.632. The fourth-order valence-electron chi connectivity index (χ4n) is 3.39. The number of nitrogens with zero attached hydrogens (tertiary/aromatic N) is 1. The lowest BCUT2D eigenvalue weighted by atomic mass is 10.1. The second-order valence-electron chi connectivity index (χ2n) is 7.48. The minimum atomic E-state index is -2.96. The average molecular weight is 507 g/mol. The Hall–Kier alpha value is -1.03. The van der Waals surface area contributed by atoms with Crippen molar-refractivity contribution in [1.29, 1.82) is 0 Å². The van der Waals surface area contributed by atoms with Crippen LogP contribution in [-0.2, 0) is 22.7 Å². The highest BCUT2D eigenvalue weighted by atomic mass is 127. The summed E-state index contributed by atoms with van der Waals surface area (Å²) in [6.45, 7) is 4.93. The molecule has 27 heavy (non-hydrogen) atoms. The minimum Gasteiger partial charge on any atom is -0.493 e. The zero-order valence-corrected chi connectivity index (χ0v) is 19.2. The van der Waals surface area contributed by atoms with E-state index in [1.54, 1.807) is 0 Å². The number of guanidine groups is 1. The van der Waals surface area contributed by atoms with Crippen LogP contribution in [0.25, 0.3) is 0 Å². The highest BCUT2D eigenvalue weighted by Gasteiger charge is 2.45. The molecule has 1 saturated carbocycles. The maximum absolute atomic E-state index is 11.6. The summed E-state index contributed by atoms with van der Waals surface area (Å²) in [6.07, 6.45) is 5.09. The van der Waals surface area contributed by atoms with Crippen LogP contribution in [0.15, 0.2) is 23.2 Å². The zero-order chi connectivity index (χ0) is 18.6. The maximum Gasteiger partial charge on any atom is 0.191 e. The van der Waals surface area contributed by atoms with Gasteiger partial charge in [-0.3, -0.25) is 4.99 Å². The lowest BCUT2D eigenvalue weighted by molar-refractivity contribution is 0.357. The van der Waals surface area contributed by atoms with Gasteiger partial charge in [0, 0.05) is 37.7 Å². The average Bonchev–Trinajstić information content (AvgIpc) is 3.15. The number of nitrogens with one attached hydrogen (secondary N) is 2. The van der Waals surface area contributed by atoms with Crippen molar-refractivity contribution in [2.45, 2.75) is 32.6 Å². The van der Waals surface area contributed by atoms with Gasteiger partial charge in [0.2, 0.25) is 0 Å². The summed E-state index contributed by atoms with van der Waals surface area (Å²) in [5, 5.41) is 6.60. The molecular weight excluding hydrogens is 477 g/mol. The first kappa shape index (κ1) is 22.3. The Morgan fingerprint density at radius 3 is 2.74 bits per heavy atom. The predicted octanol–water partition coefficient (Wildman–Crippen LogP) is 2.16. The van der Waals surface area contributed by atoms with Crippen LogP contribution in [0.2, 0.25) is 0 Å². The van der Waals surface area contributed by atoms with Crippen LogP contribution in [0.5, 0.6) is 5.75 Å². The Labute approximate surface area is 179 Å². The molecule has 1 aromatic carbocycles. The van der Waals surface area contributed by atoms with E-state index in [0.29, 0.717) is 6.54 Å². The molecule has 3 rings (SSSR count). The van der Waals surface area contributed by atoms with E-state index in [0.717, 1.165) is 57.1 Å². The van der Waals surface area contributed by atoms with Gasteiger partial charge in [0.15, 0.2) is 5.96 Å². The molecule has 1 fully saturated rings. The molecule has 0 saturated heterocycles. The van der Waals surface area contributed by atoms with Gasteiger partial charge >= 0.3 is 0 Å². The number of aliphatic imine (C=N–C) groups is 1. The molecule has 0 amide bonds. The number of hydrogen-bond donors (Lipinski definition) is 2. The van der Waals surface area contributed by atoms with Crippen molar-refractivity contribution in [3.63, 3.8) is 0 Å². The highest BCUT2D eigenvalue weighted by Crippen LogP contribution is 2.46. The van der Waals surface area contributed by atoms with E-state index >= 15 is 0 Å². The van der Waals surface area contributed by atoms with E-state index in [2.05, 4.69) is 33.8 Å². The van der Waals surface area contributed by atoms with Crippen LogP contribution in [0.3, 0.4) is 0 Å². The van der Waals surface area contributed by atoms with E-state index in [-0.39, 0.29) is 35.1 Å². The lowest BCUT2D eigenvalue weighted by Gasteiger charge is -2.15. The van der Waals surface area contributed by atoms with E-state index < -0.39 is 9.84 Å². The first-order valence-electron chi connectivity index (χ1n) is 9.34. The molecule has 1 aliphatic carbocycles. The molecule has 0 spiro atoms. The molecule has 1 aromatic rings. The molecule has 152 valence electrons. The maximum atomic E-state index is 11.6. The van der Waals surface area contributed by atoms with Crippen LogP contribution in [0.4, 0.5) is 0 Å². The van der Waals surface area contributed by atoms with Crippen LogP contribution >= 0.6 is 24.0 Å². The smallest absolute Gasteiger partial charge is 0.191 e. The number of hydrogen-bond acceptors (Lipinski definition) is 4. The highest BCUT2D eigenvalue weighted by molar-refractivity contribution is 14.0. The molecule has 6 nitrogen and oxygen atoms in total. The van der Waals surface area contributed by atoms with Crippen molar-refractivity contribution in [2.75, 3.05) is 38.2 Å². The van der Waals surface area contributed by atoms with Gasteiger partial charge in [-0.2, -0.15) is 0 Å². The number of rotatable bonds is 8. The fourth-order valence-corrected chi connectivity index (χ4v) is 4.88. The Balaban J connectivity index is 0.00000261. The van der Waals surface area contributed by atoms with Gasteiger partial charge in [0.05, 0.1) is 12.4 Å². The number of fused-ring (bicyclic) bond motifs is 1. The van der Waals surface area contributed by atoms with E-state index in [4.69, 9.17) is 4.74 Å². The molecule has 2 aliphatic rings. The van der Waals surface area contributed by atoms with Gasteiger partial charge in [0.1, 0.15) is 15.6 Å². The summed E-state index contributed by atoms with van der Waals surface area (Å²) in [5.41, 5.74) is 2.43. The largest absolute Gasteiger partial charge is 0.493 e. The quantitative estimate of drug-likeness (QED) is 0.321. The second kappa shape index (κ2) is 9.45. The van der Waals surface area contributed by atoms with E-state index in [1.807, 2.05) is 6.92 Å². The first-order valence-corrected chi connectivity index (χ1v) is 11.4. The Kier molecular flexibility index (Phi) is 7.79. The second-order valence-corrected chi connectivity index (χ2v) is 9.62. The summed E-state index contributed by atoms with van der Waals surface area (Å²) in [7, 11) is -2.96. The normalized spacial score (nSPS) is 17.5. The van der Waals surface area contributed by atoms with Gasteiger partial charge in [-0.15, -0.1) is 24.0 Å². The minimum absolute atomic E-state index is 0. The monoisotopic (exact) mass is 507 g/mol. The Morgan fingerprint density at radius 1 is 1.30 bits per heavy atom. The van der Waals surface area contributed by atoms with E-state index in [1.165, 1.54) is 17.4 Å². The van der Waals surface area contributed by atoms with Crippen LogP contribution < -0.4 is 15.4 Å². The van der Waals surface area contributed by atoms with Crippen molar-refractivity contribution < 1.29 is 13.2 Å². The molecule has 0 radical (unpaired) electrons. The molecule has 0 atom stereocenters. The number of ether oxygens (including phenoxy) is 1. The SMILES string of the molecule is CCNC(=NCC1(CS(C)(=O)=O)CC1)NCCc1ccc2c(c1)CCO2.I. The third kappa shape index (κ3) is 6.81.